The average molecular weight is 189 g/mol. The minimum Gasteiger partial charge on any atom is -0.296 e. The van der Waals surface area contributed by atoms with Gasteiger partial charge in [-0.1, -0.05) is 43.7 Å². The molecule has 1 aromatic carbocycles. The Morgan fingerprint density at radius 1 is 1.29 bits per heavy atom. The second-order valence-electron chi connectivity index (χ2n) is 4.19. The van der Waals surface area contributed by atoms with Crippen molar-refractivity contribution in [1.29, 1.82) is 0 Å². The minimum absolute atomic E-state index is 0.861. The molecule has 2 rings (SSSR count). The van der Waals surface area contributed by atoms with Crippen LogP contribution >= 0.6 is 0 Å². The number of hydrogen-bond donors (Lipinski definition) is 0. The summed E-state index contributed by atoms with van der Waals surface area (Å²) in [6, 6.07) is 11.7. The molecule has 1 unspecified atom stereocenters. The van der Waals surface area contributed by atoms with Crippen LogP contribution in [0.1, 0.15) is 31.7 Å². The molecule has 1 heteroatoms. The van der Waals surface area contributed by atoms with Crippen molar-refractivity contribution in [2.75, 3.05) is 6.54 Å². The molecule has 0 amide bonds. The molecule has 1 nitrogen and oxygen atoms in total. The molecule has 0 aliphatic carbocycles. The van der Waals surface area contributed by atoms with Gasteiger partial charge in [-0.05, 0) is 18.4 Å². The summed E-state index contributed by atoms with van der Waals surface area (Å²) < 4.78 is 0. The third kappa shape index (κ3) is 2.16. The number of likely N-dealkylation sites (tertiary alicyclic amines) is 1. The zero-order valence-corrected chi connectivity index (χ0v) is 8.95. The third-order valence-electron chi connectivity index (χ3n) is 3.12. The van der Waals surface area contributed by atoms with E-state index >= 15 is 0 Å². The van der Waals surface area contributed by atoms with Crippen LogP contribution in [0.2, 0.25) is 0 Å². The van der Waals surface area contributed by atoms with Crippen molar-refractivity contribution in [3.05, 3.63) is 35.9 Å². The summed E-state index contributed by atoms with van der Waals surface area (Å²) in [7, 11) is 0. The Labute approximate surface area is 86.7 Å². The van der Waals surface area contributed by atoms with Gasteiger partial charge in [-0.15, -0.1) is 0 Å². The Hall–Kier alpha value is -0.820. The lowest BCUT2D eigenvalue weighted by atomic mass is 9.97. The van der Waals surface area contributed by atoms with Crippen molar-refractivity contribution in [2.24, 2.45) is 0 Å². The molecular formula is C13H19N. The van der Waals surface area contributed by atoms with Crippen LogP contribution in [0.15, 0.2) is 30.3 Å². The van der Waals surface area contributed by atoms with Crippen molar-refractivity contribution in [2.45, 2.75) is 38.8 Å². The zero-order chi connectivity index (χ0) is 9.80. The lowest BCUT2D eigenvalue weighted by Gasteiger charge is -2.41. The van der Waals surface area contributed by atoms with Crippen molar-refractivity contribution in [3.8, 4) is 0 Å². The summed E-state index contributed by atoms with van der Waals surface area (Å²) in [5.41, 5.74) is 1.45. The van der Waals surface area contributed by atoms with Crippen molar-refractivity contribution >= 4 is 0 Å². The standard InChI is InChI=1S/C13H19N/c1-2-6-13-9-10-14(13)11-12-7-4-3-5-8-12/h3-5,7-8,13H,2,6,9-11H2,1H3. The number of benzene rings is 1. The fraction of sp³-hybridized carbons (Fsp3) is 0.538. The molecule has 1 saturated heterocycles. The summed E-state index contributed by atoms with van der Waals surface area (Å²) in [5.74, 6) is 0. The van der Waals surface area contributed by atoms with Gasteiger partial charge in [-0.2, -0.15) is 0 Å². The van der Waals surface area contributed by atoms with E-state index in [1.54, 1.807) is 0 Å². The highest BCUT2D eigenvalue weighted by molar-refractivity contribution is 5.15. The van der Waals surface area contributed by atoms with Gasteiger partial charge in [0.25, 0.3) is 0 Å². The van der Waals surface area contributed by atoms with E-state index in [4.69, 9.17) is 0 Å². The maximum atomic E-state index is 2.60. The largest absolute Gasteiger partial charge is 0.296 e. The van der Waals surface area contributed by atoms with Crippen LogP contribution in [0.5, 0.6) is 0 Å². The predicted molar refractivity (Wildman–Crippen MR) is 60.2 cm³/mol. The van der Waals surface area contributed by atoms with Gasteiger partial charge in [-0.25, -0.2) is 0 Å². The fourth-order valence-electron chi connectivity index (χ4n) is 2.18. The minimum atomic E-state index is 0.861. The molecule has 0 saturated carbocycles. The van der Waals surface area contributed by atoms with Gasteiger partial charge in [0, 0.05) is 19.1 Å². The Kier molecular flexibility index (Phi) is 3.20. The number of rotatable bonds is 4. The molecule has 1 atom stereocenters. The first-order valence-electron chi connectivity index (χ1n) is 5.68. The molecule has 0 spiro atoms. The van der Waals surface area contributed by atoms with Crippen LogP contribution in [0.4, 0.5) is 0 Å². The van der Waals surface area contributed by atoms with Gasteiger partial charge < -0.3 is 0 Å². The molecule has 1 fully saturated rings. The maximum Gasteiger partial charge on any atom is 0.0236 e. The smallest absolute Gasteiger partial charge is 0.0236 e. The maximum absolute atomic E-state index is 2.60. The third-order valence-corrected chi connectivity index (χ3v) is 3.12. The highest BCUT2D eigenvalue weighted by atomic mass is 15.2. The average Bonchev–Trinajstić information content (AvgIpc) is 2.23. The van der Waals surface area contributed by atoms with Crippen molar-refractivity contribution < 1.29 is 0 Å². The molecule has 1 aliphatic rings. The first-order valence-corrected chi connectivity index (χ1v) is 5.68. The predicted octanol–water partition coefficient (Wildman–Crippen LogP) is 3.06. The summed E-state index contributed by atoms with van der Waals surface area (Å²) in [4.78, 5) is 2.60. The Morgan fingerprint density at radius 3 is 2.64 bits per heavy atom. The van der Waals surface area contributed by atoms with Crippen molar-refractivity contribution in [3.63, 3.8) is 0 Å². The van der Waals surface area contributed by atoms with E-state index in [2.05, 4.69) is 42.2 Å². The highest BCUT2D eigenvalue weighted by Crippen LogP contribution is 2.23. The lowest BCUT2D eigenvalue weighted by molar-refractivity contribution is 0.0748. The Bertz CT molecular complexity index is 268. The van der Waals surface area contributed by atoms with Crippen LogP contribution in [0.3, 0.4) is 0 Å². The fourth-order valence-corrected chi connectivity index (χ4v) is 2.18. The number of nitrogens with zero attached hydrogens (tertiary/aromatic N) is 1. The number of hydrogen-bond acceptors (Lipinski definition) is 1. The summed E-state index contributed by atoms with van der Waals surface area (Å²) in [6.07, 6.45) is 4.09. The van der Waals surface area contributed by atoms with Gasteiger partial charge in [0.15, 0.2) is 0 Å². The Balaban J connectivity index is 1.86. The second kappa shape index (κ2) is 4.61. The van der Waals surface area contributed by atoms with E-state index in [1.165, 1.54) is 31.4 Å². The molecule has 76 valence electrons. The van der Waals surface area contributed by atoms with Crippen LogP contribution in [0, 0.1) is 0 Å². The van der Waals surface area contributed by atoms with Gasteiger partial charge >= 0.3 is 0 Å². The molecule has 1 heterocycles. The molecule has 0 N–H and O–H groups in total. The van der Waals surface area contributed by atoms with Crippen LogP contribution in [0.25, 0.3) is 0 Å². The quantitative estimate of drug-likeness (QED) is 0.703. The van der Waals surface area contributed by atoms with Crippen LogP contribution < -0.4 is 0 Å². The van der Waals surface area contributed by atoms with Crippen molar-refractivity contribution in [1.82, 2.24) is 4.90 Å². The topological polar surface area (TPSA) is 3.24 Å². The first-order chi connectivity index (χ1) is 6.90. The summed E-state index contributed by atoms with van der Waals surface area (Å²) >= 11 is 0. The van der Waals surface area contributed by atoms with E-state index in [1.807, 2.05) is 0 Å². The molecule has 0 radical (unpaired) electrons. The van der Waals surface area contributed by atoms with E-state index in [0.717, 1.165) is 12.6 Å². The van der Waals surface area contributed by atoms with Gasteiger partial charge in [0.2, 0.25) is 0 Å². The normalized spacial score (nSPS) is 21.9. The summed E-state index contributed by atoms with van der Waals surface area (Å²) in [5, 5.41) is 0. The van der Waals surface area contributed by atoms with Crippen LogP contribution in [-0.4, -0.2) is 17.5 Å². The van der Waals surface area contributed by atoms with E-state index in [-0.39, 0.29) is 0 Å². The van der Waals surface area contributed by atoms with Gasteiger partial charge in [-0.3, -0.25) is 4.90 Å². The SMILES string of the molecule is CCCC1CCN1Cc1ccccc1. The molecular weight excluding hydrogens is 170 g/mol. The molecule has 0 aromatic heterocycles. The summed E-state index contributed by atoms with van der Waals surface area (Å²) in [6.45, 7) is 4.71. The molecule has 0 bridgehead atoms. The highest BCUT2D eigenvalue weighted by Gasteiger charge is 2.26. The van der Waals surface area contributed by atoms with E-state index < -0.39 is 0 Å². The monoisotopic (exact) mass is 189 g/mol. The second-order valence-corrected chi connectivity index (χ2v) is 4.19. The molecule has 1 aromatic rings. The van der Waals surface area contributed by atoms with Gasteiger partial charge in [0.05, 0.1) is 0 Å². The lowest BCUT2D eigenvalue weighted by Crippen LogP contribution is -2.46. The van der Waals surface area contributed by atoms with E-state index in [0.29, 0.717) is 0 Å². The molecule has 1 aliphatic heterocycles. The Morgan fingerprint density at radius 2 is 2.07 bits per heavy atom. The van der Waals surface area contributed by atoms with E-state index in [9.17, 15) is 0 Å². The van der Waals surface area contributed by atoms with Crippen LogP contribution in [-0.2, 0) is 6.54 Å². The first kappa shape index (κ1) is 9.72. The zero-order valence-electron chi connectivity index (χ0n) is 8.95. The molecule has 14 heavy (non-hydrogen) atoms. The van der Waals surface area contributed by atoms with Gasteiger partial charge in [0.1, 0.15) is 0 Å².